The number of piperidine rings is 1. The first-order chi connectivity index (χ1) is 16.4. The van der Waals surface area contributed by atoms with E-state index in [0.29, 0.717) is 12.0 Å². The average molecular weight is 502 g/mol. The zero-order valence-corrected chi connectivity index (χ0v) is 17.9. The second-order valence-electron chi connectivity index (χ2n) is 8.51. The number of carbonyl (C=O) groups is 1. The lowest BCUT2D eigenvalue weighted by atomic mass is 10.1. The van der Waals surface area contributed by atoms with Crippen molar-refractivity contribution in [2.75, 3.05) is 13.1 Å². The molecule has 3 heterocycles. The molecule has 1 unspecified atom stereocenters. The van der Waals surface area contributed by atoms with Gasteiger partial charge in [-0.05, 0) is 37.5 Å². The number of alkyl halides is 6. The van der Waals surface area contributed by atoms with Crippen LogP contribution in [-0.4, -0.2) is 51.3 Å². The Bertz CT molecular complexity index is 1260. The van der Waals surface area contributed by atoms with E-state index in [2.05, 4.69) is 19.6 Å². The number of ether oxygens (including phenoxy) is 1. The van der Waals surface area contributed by atoms with Gasteiger partial charge in [0.25, 0.3) is 5.91 Å². The molecule has 2 aromatic heterocycles. The Hall–Kier alpha value is -3.58. The molecule has 0 N–H and O–H groups in total. The summed E-state index contributed by atoms with van der Waals surface area (Å²) in [7, 11) is 0. The van der Waals surface area contributed by atoms with E-state index < -0.39 is 35.7 Å². The SMILES string of the molecule is C[C@@H](Oc1ccc(-c2ncco2)cc1C(=O)N1CC2C[C@]2(c2noc(C(F)(F)F)n2)C1)C(F)(F)F. The van der Waals surface area contributed by atoms with E-state index in [1.165, 1.54) is 35.6 Å². The zero-order valence-electron chi connectivity index (χ0n) is 17.9. The van der Waals surface area contributed by atoms with Gasteiger partial charge in [-0.15, -0.1) is 0 Å². The lowest BCUT2D eigenvalue weighted by Gasteiger charge is -2.24. The molecule has 1 aromatic carbocycles. The van der Waals surface area contributed by atoms with Crippen molar-refractivity contribution in [1.29, 1.82) is 0 Å². The summed E-state index contributed by atoms with van der Waals surface area (Å²) in [6.07, 6.45) is -8.55. The van der Waals surface area contributed by atoms with Gasteiger partial charge in [-0.2, -0.15) is 31.3 Å². The van der Waals surface area contributed by atoms with Crippen molar-refractivity contribution in [2.24, 2.45) is 5.92 Å². The van der Waals surface area contributed by atoms with Crippen LogP contribution in [0.25, 0.3) is 11.5 Å². The molecule has 3 atom stereocenters. The molecule has 0 bridgehead atoms. The predicted molar refractivity (Wildman–Crippen MR) is 103 cm³/mol. The molecule has 35 heavy (non-hydrogen) atoms. The third-order valence-electron chi connectivity index (χ3n) is 6.20. The topological polar surface area (TPSA) is 94.5 Å². The quantitative estimate of drug-likeness (QED) is 0.475. The third kappa shape index (κ3) is 4.10. The van der Waals surface area contributed by atoms with Crippen LogP contribution in [0.5, 0.6) is 5.75 Å². The van der Waals surface area contributed by atoms with Gasteiger partial charge < -0.3 is 18.6 Å². The van der Waals surface area contributed by atoms with Crippen molar-refractivity contribution in [3.05, 3.63) is 47.9 Å². The molecule has 8 nitrogen and oxygen atoms in total. The molecule has 0 spiro atoms. The lowest BCUT2D eigenvalue weighted by molar-refractivity contribution is -0.189. The van der Waals surface area contributed by atoms with E-state index in [-0.39, 0.29) is 42.0 Å². The number of halogens is 6. The summed E-state index contributed by atoms with van der Waals surface area (Å²) in [4.78, 5) is 22.2. The van der Waals surface area contributed by atoms with Crippen LogP contribution in [0.15, 0.2) is 39.6 Å². The van der Waals surface area contributed by atoms with Crippen LogP contribution in [0.3, 0.4) is 0 Å². The molecule has 3 aromatic rings. The minimum atomic E-state index is -4.80. The van der Waals surface area contributed by atoms with E-state index in [9.17, 15) is 31.1 Å². The van der Waals surface area contributed by atoms with Crippen molar-refractivity contribution in [2.45, 2.75) is 37.2 Å². The highest BCUT2D eigenvalue weighted by Gasteiger charge is 2.65. The Morgan fingerprint density at radius 3 is 2.66 bits per heavy atom. The number of hydrogen-bond donors (Lipinski definition) is 0. The fraction of sp³-hybridized carbons (Fsp3) is 0.429. The first kappa shape index (κ1) is 23.2. The van der Waals surface area contributed by atoms with Gasteiger partial charge in [0.1, 0.15) is 12.0 Å². The van der Waals surface area contributed by atoms with Crippen molar-refractivity contribution < 1.29 is 44.8 Å². The third-order valence-corrected chi connectivity index (χ3v) is 6.20. The Morgan fingerprint density at radius 2 is 2.03 bits per heavy atom. The summed E-state index contributed by atoms with van der Waals surface area (Å²) in [5.74, 6) is -2.66. The van der Waals surface area contributed by atoms with Gasteiger partial charge in [-0.25, -0.2) is 4.98 Å². The number of carbonyl (C=O) groups excluding carboxylic acids is 1. The van der Waals surface area contributed by atoms with Crippen molar-refractivity contribution >= 4 is 5.91 Å². The normalized spacial score (nSPS) is 22.7. The molecule has 2 aliphatic rings. The Labute approximate surface area is 192 Å². The van der Waals surface area contributed by atoms with Gasteiger partial charge in [0, 0.05) is 18.7 Å². The second-order valence-corrected chi connectivity index (χ2v) is 8.51. The number of amides is 1. The van der Waals surface area contributed by atoms with Gasteiger partial charge in [-0.1, -0.05) is 5.16 Å². The van der Waals surface area contributed by atoms with Crippen molar-refractivity contribution in [3.8, 4) is 17.2 Å². The summed E-state index contributed by atoms with van der Waals surface area (Å²) in [6, 6.07) is 3.93. The smallest absolute Gasteiger partial charge is 0.471 e. The Balaban J connectivity index is 1.43. The average Bonchev–Trinajstić information content (AvgIpc) is 3.30. The van der Waals surface area contributed by atoms with Gasteiger partial charge in [0.05, 0.1) is 17.2 Å². The first-order valence-electron chi connectivity index (χ1n) is 10.4. The maximum atomic E-state index is 13.4. The molecule has 0 radical (unpaired) electrons. The standard InChI is InChI=1S/C21H16F6N4O4/c1-10(20(22,23)24)34-14-3-2-11(15-28-4-5-33-15)6-13(14)16(32)31-8-12-7-19(12,9-31)17-29-18(35-30-17)21(25,26)27/h2-6,10,12H,7-9H2,1H3/t10-,12?,19+/m1/s1. The van der Waals surface area contributed by atoms with Crippen LogP contribution < -0.4 is 4.74 Å². The molecule has 2 fully saturated rings. The van der Waals surface area contributed by atoms with Crippen LogP contribution in [-0.2, 0) is 11.6 Å². The number of nitrogens with zero attached hydrogens (tertiary/aromatic N) is 4. The molecule has 186 valence electrons. The summed E-state index contributed by atoms with van der Waals surface area (Å²) in [5, 5.41) is 3.46. The largest absolute Gasteiger partial charge is 0.480 e. The van der Waals surface area contributed by atoms with Crippen LogP contribution >= 0.6 is 0 Å². The molecule has 14 heteroatoms. The molecule has 1 saturated carbocycles. The number of likely N-dealkylation sites (tertiary alicyclic amines) is 1. The summed E-state index contributed by atoms with van der Waals surface area (Å²) in [6.45, 7) is 0.946. The van der Waals surface area contributed by atoms with Crippen LogP contribution in [0.1, 0.15) is 35.4 Å². The summed E-state index contributed by atoms with van der Waals surface area (Å²) >= 11 is 0. The fourth-order valence-electron chi connectivity index (χ4n) is 4.25. The van der Waals surface area contributed by atoms with Gasteiger partial charge >= 0.3 is 18.2 Å². The second kappa shape index (κ2) is 7.71. The number of fused-ring (bicyclic) bond motifs is 1. The number of hydrogen-bond acceptors (Lipinski definition) is 7. The number of oxazole rings is 1. The minimum Gasteiger partial charge on any atom is -0.480 e. The molecule has 5 rings (SSSR count). The van der Waals surface area contributed by atoms with E-state index in [0.717, 1.165) is 6.92 Å². The maximum Gasteiger partial charge on any atom is 0.471 e. The number of rotatable bonds is 5. The van der Waals surface area contributed by atoms with Crippen molar-refractivity contribution in [3.63, 3.8) is 0 Å². The highest BCUT2D eigenvalue weighted by molar-refractivity contribution is 5.98. The Kier molecular flexibility index (Phi) is 5.11. The van der Waals surface area contributed by atoms with Gasteiger partial charge in [0.15, 0.2) is 11.9 Å². The molecular weight excluding hydrogens is 486 g/mol. The van der Waals surface area contributed by atoms with Crippen LogP contribution in [0, 0.1) is 5.92 Å². The van der Waals surface area contributed by atoms with Crippen LogP contribution in [0.2, 0.25) is 0 Å². The highest BCUT2D eigenvalue weighted by Crippen LogP contribution is 2.58. The van der Waals surface area contributed by atoms with E-state index >= 15 is 0 Å². The molecule has 1 aliphatic carbocycles. The molecule has 1 aliphatic heterocycles. The van der Waals surface area contributed by atoms with Gasteiger partial charge in [0.2, 0.25) is 5.89 Å². The fourth-order valence-corrected chi connectivity index (χ4v) is 4.25. The van der Waals surface area contributed by atoms with Crippen molar-refractivity contribution in [1.82, 2.24) is 20.0 Å². The molecular formula is C21H16F6N4O4. The summed E-state index contributed by atoms with van der Waals surface area (Å²) < 4.78 is 92.5. The van der Waals surface area contributed by atoms with E-state index in [1.807, 2.05) is 0 Å². The maximum absolute atomic E-state index is 13.4. The lowest BCUT2D eigenvalue weighted by Crippen LogP contribution is -2.35. The minimum absolute atomic E-state index is 0.0230. The first-order valence-corrected chi connectivity index (χ1v) is 10.4. The van der Waals surface area contributed by atoms with Gasteiger partial charge in [-0.3, -0.25) is 4.79 Å². The zero-order chi connectivity index (χ0) is 25.2. The summed E-state index contributed by atoms with van der Waals surface area (Å²) in [5.41, 5.74) is -0.738. The molecule has 1 amide bonds. The van der Waals surface area contributed by atoms with Crippen LogP contribution in [0.4, 0.5) is 26.3 Å². The van der Waals surface area contributed by atoms with E-state index in [4.69, 9.17) is 9.15 Å². The Morgan fingerprint density at radius 1 is 1.26 bits per heavy atom. The number of benzene rings is 1. The molecule has 1 saturated heterocycles. The highest BCUT2D eigenvalue weighted by atomic mass is 19.4. The monoisotopic (exact) mass is 502 g/mol. The number of aromatic nitrogens is 3. The van der Waals surface area contributed by atoms with E-state index in [1.54, 1.807) is 0 Å². The predicted octanol–water partition coefficient (Wildman–Crippen LogP) is 4.49.